The van der Waals surface area contributed by atoms with E-state index in [4.69, 9.17) is 0 Å². The van der Waals surface area contributed by atoms with Crippen LogP contribution in [0, 0.1) is 0 Å². The molecule has 0 aromatic heterocycles. The van der Waals surface area contributed by atoms with Crippen LogP contribution >= 0.6 is 11.8 Å². The van der Waals surface area contributed by atoms with Gasteiger partial charge in [0.25, 0.3) is 0 Å². The number of rotatable bonds is 7. The van der Waals surface area contributed by atoms with Gasteiger partial charge in [-0.25, -0.2) is 9.59 Å². The predicted molar refractivity (Wildman–Crippen MR) is 85.6 cm³/mol. The molecule has 1 aromatic carbocycles. The number of thioether (sulfide) groups is 1. The lowest BCUT2D eigenvalue weighted by Gasteiger charge is -2.27. The average molecular weight is 310 g/mol. The number of carboxylic acids is 1. The summed E-state index contributed by atoms with van der Waals surface area (Å²) >= 11 is 1.71. The van der Waals surface area contributed by atoms with Gasteiger partial charge in [0.15, 0.2) is 5.54 Å². The van der Waals surface area contributed by atoms with Crippen molar-refractivity contribution in [3.63, 3.8) is 0 Å². The number of carboxylic acid groups (broad SMARTS) is 1. The molecule has 1 aromatic rings. The molecule has 2 unspecified atom stereocenters. The summed E-state index contributed by atoms with van der Waals surface area (Å²) < 4.78 is 0. The van der Waals surface area contributed by atoms with Crippen LogP contribution in [0.1, 0.15) is 25.8 Å². The van der Waals surface area contributed by atoms with Gasteiger partial charge in [-0.2, -0.15) is 11.8 Å². The van der Waals surface area contributed by atoms with E-state index in [9.17, 15) is 14.7 Å². The summed E-state index contributed by atoms with van der Waals surface area (Å²) in [4.78, 5) is 23.6. The highest BCUT2D eigenvalue weighted by Crippen LogP contribution is 2.20. The molecule has 0 saturated carbocycles. The van der Waals surface area contributed by atoms with Crippen molar-refractivity contribution < 1.29 is 14.7 Å². The van der Waals surface area contributed by atoms with E-state index >= 15 is 0 Å². The summed E-state index contributed by atoms with van der Waals surface area (Å²) in [5.41, 5.74) is -0.922. The predicted octanol–water partition coefficient (Wildman–Crippen LogP) is 2.43. The van der Waals surface area contributed by atoms with Crippen LogP contribution in [0.2, 0.25) is 0 Å². The minimum Gasteiger partial charge on any atom is -0.479 e. The fraction of sp³-hybridized carbons (Fsp3) is 0.467. The first-order chi connectivity index (χ1) is 9.90. The van der Waals surface area contributed by atoms with E-state index in [2.05, 4.69) is 10.6 Å². The molecule has 0 aliphatic heterocycles. The Hall–Kier alpha value is -1.69. The maximum Gasteiger partial charge on any atom is 0.333 e. The Bertz CT molecular complexity index is 481. The van der Waals surface area contributed by atoms with E-state index in [0.717, 1.165) is 12.2 Å². The van der Waals surface area contributed by atoms with Gasteiger partial charge in [0, 0.05) is 6.04 Å². The molecule has 1 rings (SSSR count). The molecule has 0 aliphatic rings. The molecule has 2 amide bonds. The Morgan fingerprint density at radius 2 is 1.95 bits per heavy atom. The number of hydrogen-bond donors (Lipinski definition) is 3. The second-order valence-corrected chi connectivity index (χ2v) is 6.06. The standard InChI is InChI=1S/C15H22N2O3S/c1-11(9-10-21-3)16-14(20)17-15(2,13(18)19)12-7-5-4-6-8-12/h4-8,11H,9-10H2,1-3H3,(H,18,19)(H2,16,17,20). The molecule has 21 heavy (non-hydrogen) atoms. The molecule has 0 saturated heterocycles. The molecule has 6 heteroatoms. The van der Waals surface area contributed by atoms with Gasteiger partial charge >= 0.3 is 12.0 Å². The Balaban J connectivity index is 2.75. The zero-order valence-corrected chi connectivity index (χ0v) is 13.4. The average Bonchev–Trinajstić information content (AvgIpc) is 2.45. The molecule has 0 aliphatic carbocycles. The summed E-state index contributed by atoms with van der Waals surface area (Å²) in [6, 6.07) is 8.19. The quantitative estimate of drug-likeness (QED) is 0.723. The number of carbonyl (C=O) groups is 2. The third kappa shape index (κ3) is 4.97. The van der Waals surface area contributed by atoms with E-state index in [1.165, 1.54) is 6.92 Å². The normalized spacial score (nSPS) is 14.8. The molecule has 0 radical (unpaired) electrons. The van der Waals surface area contributed by atoms with Crippen molar-refractivity contribution >= 4 is 23.8 Å². The van der Waals surface area contributed by atoms with Crippen molar-refractivity contribution in [2.24, 2.45) is 0 Å². The first-order valence-corrected chi connectivity index (χ1v) is 8.16. The zero-order chi connectivity index (χ0) is 15.9. The molecule has 0 bridgehead atoms. The second-order valence-electron chi connectivity index (χ2n) is 5.08. The maximum atomic E-state index is 12.0. The number of nitrogens with one attached hydrogen (secondary N) is 2. The number of amides is 2. The molecule has 0 spiro atoms. The van der Waals surface area contributed by atoms with Crippen molar-refractivity contribution in [3.8, 4) is 0 Å². The highest BCUT2D eigenvalue weighted by Gasteiger charge is 2.36. The van der Waals surface area contributed by atoms with Crippen LogP contribution in [0.25, 0.3) is 0 Å². The van der Waals surface area contributed by atoms with Crippen molar-refractivity contribution in [1.82, 2.24) is 10.6 Å². The fourth-order valence-corrected chi connectivity index (χ4v) is 2.46. The Kier molecular flexibility index (Phi) is 6.55. The van der Waals surface area contributed by atoms with Crippen LogP contribution < -0.4 is 10.6 Å². The molecule has 0 fully saturated rings. The zero-order valence-electron chi connectivity index (χ0n) is 12.6. The number of urea groups is 1. The molecule has 3 N–H and O–H groups in total. The van der Waals surface area contributed by atoms with Gasteiger partial charge in [-0.3, -0.25) is 0 Å². The summed E-state index contributed by atoms with van der Waals surface area (Å²) in [5.74, 6) is -0.156. The topological polar surface area (TPSA) is 78.4 Å². The van der Waals surface area contributed by atoms with Crippen LogP contribution in [0.3, 0.4) is 0 Å². The van der Waals surface area contributed by atoms with Crippen LogP contribution in [0.5, 0.6) is 0 Å². The lowest BCUT2D eigenvalue weighted by Crippen LogP contribution is -2.54. The first-order valence-electron chi connectivity index (χ1n) is 6.76. The highest BCUT2D eigenvalue weighted by atomic mass is 32.2. The fourth-order valence-electron chi connectivity index (χ4n) is 1.87. The van der Waals surface area contributed by atoms with E-state index in [1.54, 1.807) is 42.1 Å². The SMILES string of the molecule is CSCCC(C)NC(=O)NC(C)(C(=O)O)c1ccccc1. The molecule has 5 nitrogen and oxygen atoms in total. The van der Waals surface area contributed by atoms with E-state index < -0.39 is 17.5 Å². The summed E-state index contributed by atoms with van der Waals surface area (Å²) in [5, 5.41) is 14.8. The van der Waals surface area contributed by atoms with Gasteiger partial charge in [0.2, 0.25) is 0 Å². The Morgan fingerprint density at radius 1 is 1.33 bits per heavy atom. The van der Waals surface area contributed by atoms with Crippen LogP contribution in [-0.2, 0) is 10.3 Å². The number of carbonyl (C=O) groups excluding carboxylic acids is 1. The number of aliphatic carboxylic acids is 1. The summed E-state index contributed by atoms with van der Waals surface area (Å²) in [7, 11) is 0. The van der Waals surface area contributed by atoms with Gasteiger partial charge in [-0.05, 0) is 37.8 Å². The van der Waals surface area contributed by atoms with Crippen LogP contribution in [-0.4, -0.2) is 35.2 Å². The van der Waals surface area contributed by atoms with Crippen molar-refractivity contribution in [2.75, 3.05) is 12.0 Å². The third-order valence-electron chi connectivity index (χ3n) is 3.27. The molecule has 2 atom stereocenters. The summed E-state index contributed by atoms with van der Waals surface area (Å²) in [6.07, 6.45) is 2.84. The van der Waals surface area contributed by atoms with Gasteiger partial charge < -0.3 is 15.7 Å². The minimum absolute atomic E-state index is 0.00808. The van der Waals surface area contributed by atoms with Crippen molar-refractivity contribution in [1.29, 1.82) is 0 Å². The van der Waals surface area contributed by atoms with Gasteiger partial charge in [0.1, 0.15) is 0 Å². The Labute approximate surface area is 129 Å². The molecular weight excluding hydrogens is 288 g/mol. The monoisotopic (exact) mass is 310 g/mol. The van der Waals surface area contributed by atoms with Crippen molar-refractivity contribution in [3.05, 3.63) is 35.9 Å². The van der Waals surface area contributed by atoms with Crippen LogP contribution in [0.4, 0.5) is 4.79 Å². The number of hydrogen-bond acceptors (Lipinski definition) is 3. The van der Waals surface area contributed by atoms with Gasteiger partial charge in [-0.15, -0.1) is 0 Å². The first kappa shape index (κ1) is 17.4. The van der Waals surface area contributed by atoms with Gasteiger partial charge in [-0.1, -0.05) is 30.3 Å². The second kappa shape index (κ2) is 7.93. The largest absolute Gasteiger partial charge is 0.479 e. The smallest absolute Gasteiger partial charge is 0.333 e. The van der Waals surface area contributed by atoms with E-state index in [1.807, 2.05) is 13.2 Å². The maximum absolute atomic E-state index is 12.0. The lowest BCUT2D eigenvalue weighted by molar-refractivity contribution is -0.144. The van der Waals surface area contributed by atoms with Crippen molar-refractivity contribution in [2.45, 2.75) is 31.8 Å². The molecule has 0 heterocycles. The Morgan fingerprint density at radius 3 is 2.48 bits per heavy atom. The van der Waals surface area contributed by atoms with E-state index in [-0.39, 0.29) is 6.04 Å². The number of benzene rings is 1. The lowest BCUT2D eigenvalue weighted by atomic mass is 9.92. The summed E-state index contributed by atoms with van der Waals surface area (Å²) in [6.45, 7) is 3.38. The molecule has 116 valence electrons. The molecular formula is C15H22N2O3S. The third-order valence-corrected chi connectivity index (χ3v) is 3.92. The van der Waals surface area contributed by atoms with Crippen LogP contribution in [0.15, 0.2) is 30.3 Å². The highest BCUT2D eigenvalue weighted by molar-refractivity contribution is 7.98. The van der Waals surface area contributed by atoms with Gasteiger partial charge in [0.05, 0.1) is 0 Å². The minimum atomic E-state index is -1.45. The van der Waals surface area contributed by atoms with E-state index in [0.29, 0.717) is 5.56 Å².